The van der Waals surface area contributed by atoms with Crippen LogP contribution in [0.3, 0.4) is 0 Å². The molecule has 0 radical (unpaired) electrons. The van der Waals surface area contributed by atoms with E-state index in [2.05, 4.69) is 4.99 Å². The Morgan fingerprint density at radius 3 is 2.74 bits per heavy atom. The predicted molar refractivity (Wildman–Crippen MR) is 66.7 cm³/mol. The van der Waals surface area contributed by atoms with Gasteiger partial charge in [-0.1, -0.05) is 11.6 Å². The summed E-state index contributed by atoms with van der Waals surface area (Å²) in [6, 6.07) is 3.00. The van der Waals surface area contributed by atoms with Crippen LogP contribution in [-0.4, -0.2) is 38.0 Å². The van der Waals surface area contributed by atoms with Gasteiger partial charge in [0.15, 0.2) is 6.04 Å². The van der Waals surface area contributed by atoms with E-state index in [1.165, 1.54) is 18.2 Å². The van der Waals surface area contributed by atoms with Gasteiger partial charge in [0.25, 0.3) is 0 Å². The molecule has 1 aliphatic heterocycles. The molecule has 0 spiro atoms. The maximum Gasteiger partial charge on any atom is 0.332 e. The Kier molecular flexibility index (Phi) is 3.48. The number of hydrogen-bond acceptors (Lipinski definition) is 5. The lowest BCUT2D eigenvalue weighted by Gasteiger charge is -2.05. The molecule has 0 aliphatic carbocycles. The minimum Gasteiger partial charge on any atom is -0.480 e. The molecule has 1 unspecified atom stereocenters. The van der Waals surface area contributed by atoms with Crippen molar-refractivity contribution in [1.29, 1.82) is 0 Å². The van der Waals surface area contributed by atoms with Gasteiger partial charge in [0, 0.05) is 5.56 Å². The van der Waals surface area contributed by atoms with E-state index >= 15 is 0 Å². The van der Waals surface area contributed by atoms with Crippen LogP contribution in [0.4, 0.5) is 0 Å². The fraction of sp³-hybridized carbons (Fsp3) is 0.200. The van der Waals surface area contributed by atoms with Crippen LogP contribution in [0, 0.1) is 0 Å². The van der Waals surface area contributed by atoms with Gasteiger partial charge < -0.3 is 9.84 Å². The summed E-state index contributed by atoms with van der Waals surface area (Å²) in [5.41, 5.74) is 0.303. The van der Waals surface area contributed by atoms with E-state index < -0.39 is 22.0 Å². The molecular weight excluding hydrogens is 296 g/mol. The van der Waals surface area contributed by atoms with Gasteiger partial charge in [0.05, 0.1) is 5.02 Å². The highest BCUT2D eigenvalue weighted by Crippen LogP contribution is 2.23. The van der Waals surface area contributed by atoms with Crippen LogP contribution in [0.15, 0.2) is 28.1 Å². The molecule has 0 bridgehead atoms. The summed E-state index contributed by atoms with van der Waals surface area (Å²) in [4.78, 5) is 14.3. The monoisotopic (exact) mass is 304 g/mol. The quantitative estimate of drug-likeness (QED) is 0.827. The van der Waals surface area contributed by atoms with E-state index in [0.717, 1.165) is 0 Å². The highest BCUT2D eigenvalue weighted by molar-refractivity contribution is 7.89. The molecule has 1 aromatic rings. The smallest absolute Gasteiger partial charge is 0.332 e. The Morgan fingerprint density at radius 1 is 1.53 bits per heavy atom. The number of primary sulfonamides is 1. The number of hydrogen-bond donors (Lipinski definition) is 2. The zero-order valence-electron chi connectivity index (χ0n) is 9.41. The number of nitrogens with two attached hydrogens (primary N) is 1. The summed E-state index contributed by atoms with van der Waals surface area (Å²) < 4.78 is 27.7. The van der Waals surface area contributed by atoms with E-state index in [9.17, 15) is 13.2 Å². The van der Waals surface area contributed by atoms with E-state index in [-0.39, 0.29) is 22.4 Å². The Hall–Kier alpha value is -1.64. The van der Waals surface area contributed by atoms with Gasteiger partial charge in [-0.05, 0) is 18.2 Å². The van der Waals surface area contributed by atoms with Gasteiger partial charge in [-0.2, -0.15) is 0 Å². The van der Waals surface area contributed by atoms with Crippen molar-refractivity contribution in [2.75, 3.05) is 6.61 Å². The van der Waals surface area contributed by atoms with Crippen molar-refractivity contribution < 1.29 is 23.1 Å². The second-order valence-electron chi connectivity index (χ2n) is 3.79. The maximum atomic E-state index is 11.3. The standard InChI is InChI=1S/C10H9ClN2O5S/c11-6-2-1-5(3-8(6)19(12,16)17)9-13-7(4-18-9)10(14)15/h1-3,7H,4H2,(H,14,15)(H2,12,16,17). The number of carboxylic acid groups (broad SMARTS) is 1. The third-order valence-electron chi connectivity index (χ3n) is 2.42. The number of carbonyl (C=O) groups is 1. The molecule has 0 saturated heterocycles. The van der Waals surface area contributed by atoms with Crippen molar-refractivity contribution in [2.45, 2.75) is 10.9 Å². The molecule has 7 nitrogen and oxygen atoms in total. The predicted octanol–water partition coefficient (Wildman–Crippen LogP) is 0.217. The van der Waals surface area contributed by atoms with Crippen LogP contribution < -0.4 is 5.14 Å². The van der Waals surface area contributed by atoms with Crippen molar-refractivity contribution in [2.24, 2.45) is 10.1 Å². The number of aliphatic carboxylic acids is 1. The highest BCUT2D eigenvalue weighted by atomic mass is 35.5. The molecule has 1 aliphatic rings. The molecule has 102 valence electrons. The number of benzene rings is 1. The SMILES string of the molecule is NS(=O)(=O)c1cc(C2=NC(C(=O)O)CO2)ccc1Cl. The first-order chi connectivity index (χ1) is 8.79. The zero-order valence-corrected chi connectivity index (χ0v) is 11.0. The summed E-state index contributed by atoms with van der Waals surface area (Å²) in [5.74, 6) is -1.07. The molecule has 0 aromatic heterocycles. The molecule has 1 heterocycles. The zero-order chi connectivity index (χ0) is 14.2. The first-order valence-corrected chi connectivity index (χ1v) is 6.97. The molecule has 0 amide bonds. The maximum absolute atomic E-state index is 11.3. The Balaban J connectivity index is 2.43. The minimum atomic E-state index is -3.97. The van der Waals surface area contributed by atoms with E-state index in [0.29, 0.717) is 5.56 Å². The van der Waals surface area contributed by atoms with Gasteiger partial charge in [0.2, 0.25) is 15.9 Å². The second kappa shape index (κ2) is 4.80. The summed E-state index contributed by atoms with van der Waals surface area (Å²) in [5, 5.41) is 13.8. The second-order valence-corrected chi connectivity index (χ2v) is 5.73. The Morgan fingerprint density at radius 2 is 2.21 bits per heavy atom. The summed E-state index contributed by atoms with van der Waals surface area (Å²) in [7, 11) is -3.97. The van der Waals surface area contributed by atoms with Crippen molar-refractivity contribution in [3.8, 4) is 0 Å². The number of rotatable bonds is 3. The topological polar surface area (TPSA) is 119 Å². The molecular formula is C10H9ClN2O5S. The van der Waals surface area contributed by atoms with Crippen LogP contribution in [0.25, 0.3) is 0 Å². The number of ether oxygens (including phenoxy) is 1. The van der Waals surface area contributed by atoms with Gasteiger partial charge in [-0.15, -0.1) is 0 Å². The molecule has 9 heteroatoms. The lowest BCUT2D eigenvalue weighted by Crippen LogP contribution is -2.18. The number of halogens is 1. The number of nitrogens with zero attached hydrogens (tertiary/aromatic N) is 1. The number of aliphatic imine (C=N–C) groups is 1. The van der Waals surface area contributed by atoms with Gasteiger partial charge in [-0.3, -0.25) is 0 Å². The largest absolute Gasteiger partial charge is 0.480 e. The van der Waals surface area contributed by atoms with Gasteiger partial charge in [-0.25, -0.2) is 23.3 Å². The number of sulfonamides is 1. The van der Waals surface area contributed by atoms with E-state index in [1.807, 2.05) is 0 Å². The summed E-state index contributed by atoms with van der Waals surface area (Å²) in [6.45, 7) is -0.0992. The van der Waals surface area contributed by atoms with Gasteiger partial charge in [0.1, 0.15) is 11.5 Å². The summed E-state index contributed by atoms with van der Waals surface area (Å²) >= 11 is 5.73. The average molecular weight is 305 g/mol. The third kappa shape index (κ3) is 2.86. The fourth-order valence-corrected chi connectivity index (χ4v) is 2.58. The lowest BCUT2D eigenvalue weighted by atomic mass is 10.2. The third-order valence-corrected chi connectivity index (χ3v) is 3.81. The molecule has 1 atom stereocenters. The van der Waals surface area contributed by atoms with Crippen molar-refractivity contribution in [1.82, 2.24) is 0 Å². The first-order valence-electron chi connectivity index (χ1n) is 5.05. The Labute approximate surface area is 113 Å². The van der Waals surface area contributed by atoms with Crippen LogP contribution >= 0.6 is 11.6 Å². The minimum absolute atomic E-state index is 0.0281. The molecule has 0 saturated carbocycles. The first kappa shape index (κ1) is 13.8. The lowest BCUT2D eigenvalue weighted by molar-refractivity contribution is -0.138. The van der Waals surface area contributed by atoms with Crippen LogP contribution in [-0.2, 0) is 19.6 Å². The molecule has 0 fully saturated rings. The van der Waals surface area contributed by atoms with Gasteiger partial charge >= 0.3 is 5.97 Å². The average Bonchev–Trinajstić information content (AvgIpc) is 2.77. The highest BCUT2D eigenvalue weighted by Gasteiger charge is 2.27. The van der Waals surface area contributed by atoms with Crippen LogP contribution in [0.5, 0.6) is 0 Å². The van der Waals surface area contributed by atoms with Crippen molar-refractivity contribution >= 4 is 33.5 Å². The van der Waals surface area contributed by atoms with Crippen LogP contribution in [0.1, 0.15) is 5.56 Å². The molecule has 2 rings (SSSR count). The summed E-state index contributed by atoms with van der Waals surface area (Å²) in [6.07, 6.45) is 0. The molecule has 3 N–H and O–H groups in total. The normalized spacial score (nSPS) is 18.8. The van der Waals surface area contributed by atoms with Crippen molar-refractivity contribution in [3.05, 3.63) is 28.8 Å². The molecule has 1 aromatic carbocycles. The van der Waals surface area contributed by atoms with E-state index in [4.69, 9.17) is 26.6 Å². The van der Waals surface area contributed by atoms with Crippen molar-refractivity contribution in [3.63, 3.8) is 0 Å². The fourth-order valence-electron chi connectivity index (χ4n) is 1.51. The van der Waals surface area contributed by atoms with E-state index in [1.54, 1.807) is 0 Å². The Bertz CT molecular complexity index is 670. The molecule has 19 heavy (non-hydrogen) atoms. The number of carboxylic acids is 1. The van der Waals surface area contributed by atoms with Crippen LogP contribution in [0.2, 0.25) is 5.02 Å².